The highest BCUT2D eigenvalue weighted by molar-refractivity contribution is 6.30. The van der Waals surface area contributed by atoms with Gasteiger partial charge in [-0.3, -0.25) is 0 Å². The Bertz CT molecular complexity index is 1150. The highest BCUT2D eigenvalue weighted by atomic mass is 35.5. The van der Waals surface area contributed by atoms with Gasteiger partial charge >= 0.3 is 0 Å². The number of hydrogen-bond donors (Lipinski definition) is 1. The van der Waals surface area contributed by atoms with E-state index in [-0.39, 0.29) is 0 Å². The van der Waals surface area contributed by atoms with Crippen molar-refractivity contribution in [3.05, 3.63) is 95.6 Å². The molecule has 1 aliphatic heterocycles. The molecule has 2 unspecified atom stereocenters. The third kappa shape index (κ3) is 5.35. The molecular formula is C28H29ClN4. The summed E-state index contributed by atoms with van der Waals surface area (Å²) in [5.74, 6) is 1.31. The van der Waals surface area contributed by atoms with E-state index in [0.29, 0.717) is 11.8 Å². The van der Waals surface area contributed by atoms with Gasteiger partial charge in [-0.2, -0.15) is 15.0 Å². The van der Waals surface area contributed by atoms with Gasteiger partial charge in [-0.15, -0.1) is 0 Å². The van der Waals surface area contributed by atoms with Crippen LogP contribution in [0.5, 0.6) is 0 Å². The number of nitrogens with zero attached hydrogens (tertiary/aromatic N) is 3. The molecule has 5 heteroatoms. The normalized spacial score (nSPS) is 18.3. The molecule has 0 spiro atoms. The molecule has 4 nitrogen and oxygen atoms in total. The Hall–Kier alpha value is -2.95. The van der Waals surface area contributed by atoms with Crippen LogP contribution in [0.3, 0.4) is 0 Å². The lowest BCUT2D eigenvalue weighted by atomic mass is 9.79. The van der Waals surface area contributed by atoms with E-state index in [1.54, 1.807) is 0 Å². The lowest BCUT2D eigenvalue weighted by Gasteiger charge is -2.32. The minimum Gasteiger partial charge on any atom is -0.316 e. The number of piperidine rings is 1. The van der Waals surface area contributed by atoms with Crippen molar-refractivity contribution in [3.63, 3.8) is 0 Å². The number of hydrogen-bond acceptors (Lipinski definition) is 3. The molecule has 1 N–H and O–H groups in total. The average molecular weight is 457 g/mol. The van der Waals surface area contributed by atoms with Gasteiger partial charge in [-0.05, 0) is 73.0 Å². The third-order valence-corrected chi connectivity index (χ3v) is 6.92. The van der Waals surface area contributed by atoms with Crippen LogP contribution in [0.4, 0.5) is 0 Å². The lowest BCUT2D eigenvalue weighted by molar-refractivity contribution is 0.294. The first-order valence-electron chi connectivity index (χ1n) is 11.8. The van der Waals surface area contributed by atoms with Gasteiger partial charge in [0.2, 0.25) is 0 Å². The number of aromatic nitrogens is 3. The van der Waals surface area contributed by atoms with Gasteiger partial charge in [0.25, 0.3) is 0 Å². The van der Waals surface area contributed by atoms with Crippen LogP contribution in [-0.2, 0) is 6.54 Å². The van der Waals surface area contributed by atoms with Crippen molar-refractivity contribution in [2.24, 2.45) is 5.92 Å². The van der Waals surface area contributed by atoms with Gasteiger partial charge in [-0.1, -0.05) is 78.3 Å². The van der Waals surface area contributed by atoms with Crippen LogP contribution >= 0.6 is 11.6 Å². The Morgan fingerprint density at radius 3 is 2.33 bits per heavy atom. The van der Waals surface area contributed by atoms with E-state index in [2.05, 4.69) is 65.0 Å². The molecule has 0 aliphatic carbocycles. The van der Waals surface area contributed by atoms with Crippen molar-refractivity contribution in [3.8, 4) is 22.4 Å². The van der Waals surface area contributed by atoms with Crippen LogP contribution in [0, 0.1) is 5.92 Å². The van der Waals surface area contributed by atoms with E-state index in [4.69, 9.17) is 16.7 Å². The van der Waals surface area contributed by atoms with Crippen LogP contribution in [0.15, 0.2) is 85.1 Å². The molecule has 0 amide bonds. The molecule has 0 saturated carbocycles. The highest BCUT2D eigenvalue weighted by Gasteiger charge is 2.25. The van der Waals surface area contributed by atoms with Crippen molar-refractivity contribution in [1.29, 1.82) is 0 Å². The number of benzene rings is 3. The molecule has 168 valence electrons. The van der Waals surface area contributed by atoms with Crippen molar-refractivity contribution in [2.45, 2.75) is 31.7 Å². The zero-order valence-electron chi connectivity index (χ0n) is 18.7. The molecule has 0 radical (unpaired) electrons. The molecule has 1 fully saturated rings. The summed E-state index contributed by atoms with van der Waals surface area (Å²) >= 11 is 6.00. The molecule has 2 atom stereocenters. The summed E-state index contributed by atoms with van der Waals surface area (Å²) < 4.78 is 0. The molecule has 5 rings (SSSR count). The fourth-order valence-electron chi connectivity index (χ4n) is 4.87. The Labute approximate surface area is 200 Å². The number of nitrogens with one attached hydrogen (secondary N) is 1. The standard InChI is InChI=1S/C28H29ClN4/c29-26-14-12-22(13-15-26)21-8-10-24(11-9-21)28-20-31-33(32-28)18-4-7-25-19-30-17-16-27(25)23-5-2-1-3-6-23/h1-3,5-6,8-15,20,25,27,30H,4,7,16-19H2. The Morgan fingerprint density at radius 1 is 0.879 bits per heavy atom. The summed E-state index contributed by atoms with van der Waals surface area (Å²) in [4.78, 5) is 1.84. The van der Waals surface area contributed by atoms with Gasteiger partial charge in [0.05, 0.1) is 12.7 Å². The summed E-state index contributed by atoms with van der Waals surface area (Å²) in [6, 6.07) is 27.4. The summed E-state index contributed by atoms with van der Waals surface area (Å²) in [7, 11) is 0. The zero-order valence-corrected chi connectivity index (χ0v) is 19.5. The monoisotopic (exact) mass is 456 g/mol. The maximum atomic E-state index is 6.00. The smallest absolute Gasteiger partial charge is 0.113 e. The first-order valence-corrected chi connectivity index (χ1v) is 12.2. The second kappa shape index (κ2) is 10.3. The highest BCUT2D eigenvalue weighted by Crippen LogP contribution is 2.33. The second-order valence-corrected chi connectivity index (χ2v) is 9.26. The van der Waals surface area contributed by atoms with E-state index in [1.807, 2.05) is 35.3 Å². The summed E-state index contributed by atoms with van der Waals surface area (Å²) in [6.07, 6.45) is 5.34. The predicted molar refractivity (Wildman–Crippen MR) is 135 cm³/mol. The SMILES string of the molecule is Clc1ccc(-c2ccc(-c3cnn(CCCC4CNCCC4c4ccccc4)n3)cc2)cc1. The van der Waals surface area contributed by atoms with Crippen molar-refractivity contribution in [1.82, 2.24) is 20.3 Å². The molecule has 3 aromatic carbocycles. The topological polar surface area (TPSA) is 42.7 Å². The fraction of sp³-hybridized carbons (Fsp3) is 0.286. The minimum atomic E-state index is 0.646. The van der Waals surface area contributed by atoms with Gasteiger partial charge in [0.15, 0.2) is 0 Å². The largest absolute Gasteiger partial charge is 0.316 e. The second-order valence-electron chi connectivity index (χ2n) is 8.82. The fourth-order valence-corrected chi connectivity index (χ4v) is 5.00. The van der Waals surface area contributed by atoms with E-state index in [0.717, 1.165) is 53.5 Å². The molecular weight excluding hydrogens is 428 g/mol. The van der Waals surface area contributed by atoms with Crippen molar-refractivity contribution in [2.75, 3.05) is 13.1 Å². The van der Waals surface area contributed by atoms with Gasteiger partial charge in [0, 0.05) is 10.6 Å². The first kappa shape index (κ1) is 21.9. The third-order valence-electron chi connectivity index (χ3n) is 6.66. The number of rotatable bonds is 7. The number of halogens is 1. The molecule has 1 saturated heterocycles. The quantitative estimate of drug-likeness (QED) is 0.348. The zero-order chi connectivity index (χ0) is 22.5. The number of aryl methyl sites for hydroxylation is 1. The van der Waals surface area contributed by atoms with Crippen molar-refractivity contribution >= 4 is 11.6 Å². The van der Waals surface area contributed by atoms with Crippen molar-refractivity contribution < 1.29 is 0 Å². The predicted octanol–water partition coefficient (Wildman–Crippen LogP) is 6.44. The summed E-state index contributed by atoms with van der Waals surface area (Å²) in [5.41, 5.74) is 5.79. The van der Waals surface area contributed by atoms with Crippen LogP contribution in [0.1, 0.15) is 30.7 Å². The molecule has 0 bridgehead atoms. The van der Waals surface area contributed by atoms with Crippen LogP contribution in [0.25, 0.3) is 22.4 Å². The molecule has 2 heterocycles. The Balaban J connectivity index is 1.18. The van der Waals surface area contributed by atoms with Crippen LogP contribution < -0.4 is 5.32 Å². The van der Waals surface area contributed by atoms with E-state index >= 15 is 0 Å². The average Bonchev–Trinajstić information content (AvgIpc) is 3.34. The molecule has 1 aromatic heterocycles. The maximum absolute atomic E-state index is 6.00. The summed E-state index contributed by atoms with van der Waals surface area (Å²) in [6.45, 7) is 3.05. The van der Waals surface area contributed by atoms with Gasteiger partial charge in [-0.25, -0.2) is 0 Å². The van der Waals surface area contributed by atoms with Gasteiger partial charge in [0.1, 0.15) is 5.69 Å². The summed E-state index contributed by atoms with van der Waals surface area (Å²) in [5, 5.41) is 13.6. The Kier molecular flexibility index (Phi) is 6.84. The lowest BCUT2D eigenvalue weighted by Crippen LogP contribution is -2.35. The van der Waals surface area contributed by atoms with E-state index < -0.39 is 0 Å². The maximum Gasteiger partial charge on any atom is 0.113 e. The molecule has 1 aliphatic rings. The molecule has 33 heavy (non-hydrogen) atoms. The van der Waals surface area contributed by atoms with Crippen LogP contribution in [0.2, 0.25) is 5.02 Å². The van der Waals surface area contributed by atoms with E-state index in [1.165, 1.54) is 18.4 Å². The minimum absolute atomic E-state index is 0.646. The van der Waals surface area contributed by atoms with Gasteiger partial charge < -0.3 is 5.32 Å². The van der Waals surface area contributed by atoms with Crippen LogP contribution in [-0.4, -0.2) is 28.1 Å². The van der Waals surface area contributed by atoms with E-state index in [9.17, 15) is 0 Å². The molecule has 4 aromatic rings. The Morgan fingerprint density at radius 2 is 1.58 bits per heavy atom. The first-order chi connectivity index (χ1) is 16.3.